The van der Waals surface area contributed by atoms with Gasteiger partial charge in [0.1, 0.15) is 17.4 Å². The zero-order valence-corrected chi connectivity index (χ0v) is 19.2. The van der Waals surface area contributed by atoms with Gasteiger partial charge in [0.15, 0.2) is 0 Å². The number of nitrogens with zero attached hydrogens (tertiary/aromatic N) is 3. The second kappa shape index (κ2) is 9.37. The highest BCUT2D eigenvalue weighted by Crippen LogP contribution is 2.25. The molecule has 0 aromatic heterocycles. The van der Waals surface area contributed by atoms with Crippen LogP contribution < -0.4 is 10.0 Å². The van der Waals surface area contributed by atoms with Crippen molar-refractivity contribution in [3.8, 4) is 6.07 Å². The van der Waals surface area contributed by atoms with Crippen LogP contribution in [0.3, 0.4) is 0 Å². The molecule has 1 fully saturated rings. The standard InChI is InChI=1S/C22H31N5O3S/c1-4-11-27-12-9-22(15-23,10-13-27)25-21(28)18(14-16(2)3)24-20-17-7-5-6-8-19(17)31(29,30)26-20/h5-8,16,18H,4,9-14H2,1-3H3,(H,24,26)(H,25,28). The average Bonchev–Trinajstić information content (AvgIpc) is 2.99. The smallest absolute Gasteiger partial charge is 0.263 e. The maximum atomic E-state index is 13.2. The van der Waals surface area contributed by atoms with Crippen LogP contribution in [-0.2, 0) is 14.8 Å². The van der Waals surface area contributed by atoms with E-state index in [-0.39, 0.29) is 22.6 Å². The molecule has 1 aromatic carbocycles. The summed E-state index contributed by atoms with van der Waals surface area (Å²) in [6, 6.07) is 8.12. The van der Waals surface area contributed by atoms with Crippen LogP contribution in [0.2, 0.25) is 0 Å². The highest BCUT2D eigenvalue weighted by Gasteiger charge is 2.38. The van der Waals surface area contributed by atoms with Crippen LogP contribution >= 0.6 is 0 Å². The van der Waals surface area contributed by atoms with E-state index in [0.29, 0.717) is 24.8 Å². The number of amidine groups is 1. The van der Waals surface area contributed by atoms with Crippen LogP contribution in [0.4, 0.5) is 0 Å². The minimum atomic E-state index is -3.68. The number of nitriles is 1. The fourth-order valence-electron chi connectivity index (χ4n) is 4.11. The fraction of sp³-hybridized carbons (Fsp3) is 0.591. The van der Waals surface area contributed by atoms with Gasteiger partial charge in [-0.3, -0.25) is 14.5 Å². The molecule has 0 radical (unpaired) electrons. The number of hydrogen-bond donors (Lipinski definition) is 2. The van der Waals surface area contributed by atoms with E-state index >= 15 is 0 Å². The van der Waals surface area contributed by atoms with Crippen LogP contribution in [0.25, 0.3) is 0 Å². The maximum absolute atomic E-state index is 13.2. The zero-order valence-electron chi connectivity index (χ0n) is 18.4. The van der Waals surface area contributed by atoms with E-state index < -0.39 is 21.6 Å². The Balaban J connectivity index is 1.83. The summed E-state index contributed by atoms with van der Waals surface area (Å²) >= 11 is 0. The van der Waals surface area contributed by atoms with E-state index in [9.17, 15) is 18.5 Å². The molecule has 2 heterocycles. The summed E-state index contributed by atoms with van der Waals surface area (Å²) in [4.78, 5) is 20.2. The van der Waals surface area contributed by atoms with Gasteiger partial charge in [-0.15, -0.1) is 0 Å². The Morgan fingerprint density at radius 2 is 2.00 bits per heavy atom. The fourth-order valence-corrected chi connectivity index (χ4v) is 5.35. The van der Waals surface area contributed by atoms with Crippen LogP contribution in [0.1, 0.15) is 52.0 Å². The first-order valence-corrected chi connectivity index (χ1v) is 12.3. The first kappa shape index (κ1) is 23.2. The monoisotopic (exact) mass is 445 g/mol. The van der Waals surface area contributed by atoms with Crippen molar-refractivity contribution in [1.29, 1.82) is 5.26 Å². The van der Waals surface area contributed by atoms with Crippen LogP contribution in [0, 0.1) is 17.2 Å². The molecular weight excluding hydrogens is 414 g/mol. The molecule has 0 spiro atoms. The van der Waals surface area contributed by atoms with Gasteiger partial charge in [0.2, 0.25) is 5.91 Å². The average molecular weight is 446 g/mol. The first-order valence-electron chi connectivity index (χ1n) is 10.9. The Labute approximate surface area is 184 Å². The van der Waals surface area contributed by atoms with Gasteiger partial charge >= 0.3 is 0 Å². The molecular formula is C22H31N5O3S. The highest BCUT2D eigenvalue weighted by atomic mass is 32.2. The van der Waals surface area contributed by atoms with Gasteiger partial charge in [0, 0.05) is 18.7 Å². The molecule has 1 saturated heterocycles. The van der Waals surface area contributed by atoms with Crippen molar-refractivity contribution in [3.63, 3.8) is 0 Å². The first-order chi connectivity index (χ1) is 14.7. The Kier molecular flexibility index (Phi) is 7.02. The molecule has 168 valence electrons. The Morgan fingerprint density at radius 1 is 1.32 bits per heavy atom. The van der Waals surface area contributed by atoms with Crippen molar-refractivity contribution in [2.24, 2.45) is 10.9 Å². The van der Waals surface area contributed by atoms with Crippen LogP contribution in [0.15, 0.2) is 34.2 Å². The molecule has 0 saturated carbocycles. The van der Waals surface area contributed by atoms with E-state index in [4.69, 9.17) is 0 Å². The third-order valence-electron chi connectivity index (χ3n) is 5.77. The van der Waals surface area contributed by atoms with E-state index in [1.165, 1.54) is 6.07 Å². The number of carbonyl (C=O) groups is 1. The molecule has 0 bridgehead atoms. The summed E-state index contributed by atoms with van der Waals surface area (Å²) in [6.45, 7) is 8.60. The summed E-state index contributed by atoms with van der Waals surface area (Å²) < 4.78 is 27.3. The summed E-state index contributed by atoms with van der Waals surface area (Å²) in [7, 11) is -3.68. The van der Waals surface area contributed by atoms with Crippen molar-refractivity contribution in [1.82, 2.24) is 14.9 Å². The SMILES string of the molecule is CCCN1CCC(C#N)(NC(=O)C(CC(C)C)N=C2NS(=O)(=O)c3ccccc32)CC1. The molecule has 1 aromatic rings. The van der Waals surface area contributed by atoms with Gasteiger partial charge in [0.25, 0.3) is 10.0 Å². The minimum absolute atomic E-state index is 0.161. The molecule has 2 N–H and O–H groups in total. The van der Waals surface area contributed by atoms with Gasteiger partial charge < -0.3 is 10.2 Å². The molecule has 0 aliphatic carbocycles. The third-order valence-corrected chi connectivity index (χ3v) is 7.17. The number of benzene rings is 1. The molecule has 31 heavy (non-hydrogen) atoms. The lowest BCUT2D eigenvalue weighted by molar-refractivity contribution is -0.124. The number of aliphatic imine (C=N–C) groups is 1. The quantitative estimate of drug-likeness (QED) is 0.666. The van der Waals surface area contributed by atoms with E-state index in [0.717, 1.165) is 26.1 Å². The summed E-state index contributed by atoms with van der Waals surface area (Å²) in [5.41, 5.74) is -0.448. The lowest BCUT2D eigenvalue weighted by Gasteiger charge is -2.38. The number of hydrogen-bond acceptors (Lipinski definition) is 6. The summed E-state index contributed by atoms with van der Waals surface area (Å²) in [6.07, 6.45) is 2.63. The number of likely N-dealkylation sites (tertiary alicyclic amines) is 1. The van der Waals surface area contributed by atoms with Gasteiger partial charge in [0.05, 0.1) is 11.0 Å². The molecule has 2 aliphatic heterocycles. The van der Waals surface area contributed by atoms with Gasteiger partial charge in [-0.2, -0.15) is 5.26 Å². The normalized spacial score (nSPS) is 21.8. The molecule has 3 rings (SSSR count). The molecule has 1 unspecified atom stereocenters. The van der Waals surface area contributed by atoms with Gasteiger partial charge in [-0.05, 0) is 50.3 Å². The number of nitrogens with one attached hydrogen (secondary N) is 2. The van der Waals surface area contributed by atoms with Crippen LogP contribution in [0.5, 0.6) is 0 Å². The summed E-state index contributed by atoms with van der Waals surface area (Å²) in [5, 5.41) is 12.8. The van der Waals surface area contributed by atoms with Gasteiger partial charge in [-0.1, -0.05) is 32.9 Å². The Bertz CT molecular complexity index is 989. The van der Waals surface area contributed by atoms with Crippen molar-refractivity contribution in [2.75, 3.05) is 19.6 Å². The Morgan fingerprint density at radius 3 is 2.61 bits per heavy atom. The molecule has 1 amide bonds. The lowest BCUT2D eigenvalue weighted by atomic mass is 9.88. The summed E-state index contributed by atoms with van der Waals surface area (Å²) in [5.74, 6) is 0.00762. The zero-order chi connectivity index (χ0) is 22.6. The number of piperidine rings is 1. The van der Waals surface area contributed by atoms with E-state index in [1.54, 1.807) is 18.2 Å². The van der Waals surface area contributed by atoms with E-state index in [1.807, 2.05) is 13.8 Å². The minimum Gasteiger partial charge on any atom is -0.336 e. The Hall–Kier alpha value is -2.44. The van der Waals surface area contributed by atoms with Crippen molar-refractivity contribution >= 4 is 21.8 Å². The number of amides is 1. The van der Waals surface area contributed by atoms with Gasteiger partial charge in [-0.25, -0.2) is 8.42 Å². The molecule has 2 aliphatic rings. The molecule has 9 heteroatoms. The number of fused-ring (bicyclic) bond motifs is 1. The van der Waals surface area contributed by atoms with Crippen molar-refractivity contribution in [3.05, 3.63) is 29.8 Å². The largest absolute Gasteiger partial charge is 0.336 e. The topological polar surface area (TPSA) is 115 Å². The number of rotatable bonds is 7. The molecule has 1 atom stereocenters. The number of carbonyl (C=O) groups excluding carboxylic acids is 1. The predicted octanol–water partition coefficient (Wildman–Crippen LogP) is 2.02. The van der Waals surface area contributed by atoms with E-state index in [2.05, 4.69) is 32.9 Å². The lowest BCUT2D eigenvalue weighted by Crippen LogP contribution is -2.56. The van der Waals surface area contributed by atoms with Crippen LogP contribution in [-0.4, -0.2) is 56.3 Å². The third kappa shape index (κ3) is 5.25. The van der Waals surface area contributed by atoms with Crippen molar-refractivity contribution < 1.29 is 13.2 Å². The van der Waals surface area contributed by atoms with Crippen molar-refractivity contribution in [2.45, 2.75) is 62.9 Å². The maximum Gasteiger partial charge on any atom is 0.263 e. The number of sulfonamides is 1. The second-order valence-corrected chi connectivity index (χ2v) is 10.4. The second-order valence-electron chi connectivity index (χ2n) is 8.75. The highest BCUT2D eigenvalue weighted by molar-refractivity contribution is 7.90. The predicted molar refractivity (Wildman–Crippen MR) is 119 cm³/mol. The molecule has 8 nitrogen and oxygen atoms in total.